The molecule has 10 heteroatoms. The number of hydrogen-bond acceptors (Lipinski definition) is 6. The third-order valence-corrected chi connectivity index (χ3v) is 5.89. The lowest BCUT2D eigenvalue weighted by atomic mass is 10.0. The molecule has 0 aliphatic carbocycles. The Balaban J connectivity index is 1.42. The van der Waals surface area contributed by atoms with Crippen molar-refractivity contribution in [3.63, 3.8) is 0 Å². The second kappa shape index (κ2) is 10.3. The number of ether oxygens (including phenoxy) is 3. The number of hydrogen-bond donors (Lipinski definition) is 1. The van der Waals surface area contributed by atoms with Gasteiger partial charge in [0.05, 0.1) is 17.6 Å². The second-order valence-corrected chi connectivity index (χ2v) is 8.15. The summed E-state index contributed by atoms with van der Waals surface area (Å²) in [5.41, 5.74) is 2.62. The van der Waals surface area contributed by atoms with E-state index in [0.29, 0.717) is 24.4 Å². The largest absolute Gasteiger partial charge is 0.511 e. The molecular weight excluding hydrogens is 448 g/mol. The maximum atomic E-state index is 12.6. The van der Waals surface area contributed by atoms with Crippen molar-refractivity contribution in [2.45, 2.75) is 45.9 Å². The number of benzene rings is 2. The van der Waals surface area contributed by atoms with Crippen molar-refractivity contribution in [1.82, 2.24) is 14.5 Å². The molecule has 1 N–H and O–H groups in total. The lowest BCUT2D eigenvalue weighted by Crippen LogP contribution is -2.34. The average Bonchev–Trinajstić information content (AvgIpc) is 3.10. The van der Waals surface area contributed by atoms with Crippen LogP contribution in [-0.4, -0.2) is 52.0 Å². The molecule has 0 atom stereocenters. The minimum Gasteiger partial charge on any atom is -0.490 e. The molecule has 1 aliphatic rings. The molecule has 8 nitrogen and oxygen atoms in total. The number of rotatable bonds is 8. The number of piperidine rings is 1. The Morgan fingerprint density at radius 3 is 2.62 bits per heavy atom. The van der Waals surface area contributed by atoms with Gasteiger partial charge in [-0.1, -0.05) is 6.07 Å². The molecule has 2 aromatic carbocycles. The monoisotopic (exact) mass is 475 g/mol. The van der Waals surface area contributed by atoms with E-state index >= 15 is 0 Å². The lowest BCUT2D eigenvalue weighted by Gasteiger charge is -2.33. The van der Waals surface area contributed by atoms with Crippen molar-refractivity contribution in [3.05, 3.63) is 47.8 Å². The summed E-state index contributed by atoms with van der Waals surface area (Å²) < 4.78 is 42.3. The fourth-order valence-corrected chi connectivity index (χ4v) is 4.53. The fraction of sp³-hybridized carbons (Fsp3) is 0.417. The van der Waals surface area contributed by atoms with E-state index < -0.39 is 12.8 Å². The Hall–Kier alpha value is -3.40. The van der Waals surface area contributed by atoms with Crippen LogP contribution in [0.2, 0.25) is 0 Å². The minimum absolute atomic E-state index is 0.0404. The maximum absolute atomic E-state index is 12.6. The Morgan fingerprint density at radius 1 is 1.18 bits per heavy atom. The number of halogens is 2. The molecule has 1 aromatic heterocycles. The Kier molecular flexibility index (Phi) is 7.16. The zero-order chi connectivity index (χ0) is 24.2. The molecule has 1 aliphatic heterocycles. The highest BCUT2D eigenvalue weighted by molar-refractivity contribution is 5.79. The molecule has 0 unspecified atom stereocenters. The van der Waals surface area contributed by atoms with Gasteiger partial charge in [0.25, 0.3) is 0 Å². The first-order chi connectivity index (χ1) is 16.3. The van der Waals surface area contributed by atoms with Crippen molar-refractivity contribution in [2.24, 2.45) is 0 Å². The van der Waals surface area contributed by atoms with Crippen LogP contribution in [-0.2, 0) is 6.54 Å². The molecule has 1 fully saturated rings. The van der Waals surface area contributed by atoms with Gasteiger partial charge in [-0.25, -0.2) is 9.78 Å². The molecule has 2 heterocycles. The van der Waals surface area contributed by atoms with Gasteiger partial charge in [-0.15, -0.1) is 0 Å². The van der Waals surface area contributed by atoms with Crippen LogP contribution in [0, 0.1) is 6.92 Å². The zero-order valence-electron chi connectivity index (χ0n) is 19.0. The molecule has 4 rings (SSSR count). The summed E-state index contributed by atoms with van der Waals surface area (Å²) in [6, 6.07) is 10.5. The van der Waals surface area contributed by atoms with Crippen molar-refractivity contribution in [2.75, 3.05) is 19.7 Å². The first-order valence-corrected chi connectivity index (χ1v) is 11.2. The number of nitrogens with zero attached hydrogens (tertiary/aromatic N) is 3. The van der Waals surface area contributed by atoms with Crippen molar-refractivity contribution >= 4 is 17.2 Å². The van der Waals surface area contributed by atoms with Gasteiger partial charge in [0.15, 0.2) is 11.5 Å². The SMILES string of the molecule is CCOc1cc(CN2CCC(n3c(C)nc4cc(OC(=O)O)ccc43)CC2)ccc1OC(F)F. The topological polar surface area (TPSA) is 86.0 Å². The Labute approximate surface area is 195 Å². The number of carboxylic acid groups (broad SMARTS) is 1. The van der Waals surface area contributed by atoms with Crippen LogP contribution < -0.4 is 14.2 Å². The normalized spacial score (nSPS) is 15.1. The van der Waals surface area contributed by atoms with Crippen LogP contribution in [0.4, 0.5) is 13.6 Å². The maximum Gasteiger partial charge on any atom is 0.511 e. The quantitative estimate of drug-likeness (QED) is 0.352. The molecule has 1 saturated heterocycles. The number of aryl methyl sites for hydroxylation is 1. The summed E-state index contributed by atoms with van der Waals surface area (Å²) in [7, 11) is 0. The number of fused-ring (bicyclic) bond motifs is 1. The molecule has 0 amide bonds. The number of alkyl halides is 2. The standard InChI is InChI=1S/C24H27F2N3O5/c1-3-32-22-12-16(4-7-21(22)34-23(25)26)14-28-10-8-17(9-11-28)29-15(2)27-19-13-18(33-24(30)31)5-6-20(19)29/h4-7,12-13,17,23H,3,8-11,14H2,1-2H3,(H,30,31). The van der Waals surface area contributed by atoms with E-state index in [1.165, 1.54) is 6.07 Å². The second-order valence-electron chi connectivity index (χ2n) is 8.15. The Bertz CT molecular complexity index is 1160. The summed E-state index contributed by atoms with van der Waals surface area (Å²) in [6.07, 6.45) is 0.488. The highest BCUT2D eigenvalue weighted by Crippen LogP contribution is 2.33. The number of carbonyl (C=O) groups is 1. The summed E-state index contributed by atoms with van der Waals surface area (Å²) >= 11 is 0. The van der Waals surface area contributed by atoms with Crippen molar-refractivity contribution in [3.8, 4) is 17.2 Å². The number of aromatic nitrogens is 2. The lowest BCUT2D eigenvalue weighted by molar-refractivity contribution is -0.0514. The predicted molar refractivity (Wildman–Crippen MR) is 121 cm³/mol. The van der Waals surface area contributed by atoms with Crippen LogP contribution in [0.5, 0.6) is 17.2 Å². The predicted octanol–water partition coefficient (Wildman–Crippen LogP) is 5.24. The summed E-state index contributed by atoms with van der Waals surface area (Å²) in [5, 5.41) is 8.83. The van der Waals surface area contributed by atoms with Gasteiger partial charge < -0.3 is 23.9 Å². The summed E-state index contributed by atoms with van der Waals surface area (Å²) in [6.45, 7) is 3.61. The molecule has 0 radical (unpaired) electrons. The van der Waals surface area contributed by atoms with E-state index in [1.54, 1.807) is 31.2 Å². The van der Waals surface area contributed by atoms with Crippen LogP contribution in [0.1, 0.15) is 37.2 Å². The third kappa shape index (κ3) is 5.39. The highest BCUT2D eigenvalue weighted by Gasteiger charge is 2.24. The van der Waals surface area contributed by atoms with E-state index in [4.69, 9.17) is 14.6 Å². The summed E-state index contributed by atoms with van der Waals surface area (Å²) in [4.78, 5) is 17.7. The van der Waals surface area contributed by atoms with Gasteiger partial charge in [0.1, 0.15) is 11.6 Å². The van der Waals surface area contributed by atoms with E-state index in [1.807, 2.05) is 13.0 Å². The van der Waals surface area contributed by atoms with Gasteiger partial charge in [0, 0.05) is 31.7 Å². The van der Waals surface area contributed by atoms with Crippen molar-refractivity contribution in [1.29, 1.82) is 0 Å². The van der Waals surface area contributed by atoms with Gasteiger partial charge in [0.2, 0.25) is 0 Å². The minimum atomic E-state index is -2.90. The van der Waals surface area contributed by atoms with E-state index in [-0.39, 0.29) is 17.5 Å². The molecule has 34 heavy (non-hydrogen) atoms. The van der Waals surface area contributed by atoms with Crippen LogP contribution >= 0.6 is 0 Å². The first kappa shape index (κ1) is 23.7. The van der Waals surface area contributed by atoms with E-state index in [0.717, 1.165) is 42.8 Å². The van der Waals surface area contributed by atoms with E-state index in [2.05, 4.69) is 19.2 Å². The third-order valence-electron chi connectivity index (χ3n) is 5.89. The Morgan fingerprint density at radius 2 is 1.94 bits per heavy atom. The number of likely N-dealkylation sites (tertiary alicyclic amines) is 1. The summed E-state index contributed by atoms with van der Waals surface area (Å²) in [5.74, 6) is 1.48. The fourth-order valence-electron chi connectivity index (χ4n) is 4.53. The molecular formula is C24H27F2N3O5. The molecule has 0 spiro atoms. The van der Waals surface area contributed by atoms with Gasteiger partial charge in [-0.3, -0.25) is 4.90 Å². The van der Waals surface area contributed by atoms with E-state index in [9.17, 15) is 13.6 Å². The molecule has 182 valence electrons. The van der Waals surface area contributed by atoms with Crippen LogP contribution in [0.25, 0.3) is 11.0 Å². The van der Waals surface area contributed by atoms with Crippen LogP contribution in [0.15, 0.2) is 36.4 Å². The molecule has 0 bridgehead atoms. The molecule has 0 saturated carbocycles. The molecule has 3 aromatic rings. The zero-order valence-corrected chi connectivity index (χ0v) is 19.0. The van der Waals surface area contributed by atoms with Crippen LogP contribution in [0.3, 0.4) is 0 Å². The van der Waals surface area contributed by atoms with Crippen molar-refractivity contribution < 1.29 is 32.9 Å². The van der Waals surface area contributed by atoms with Gasteiger partial charge in [-0.05, 0) is 56.5 Å². The van der Waals surface area contributed by atoms with Gasteiger partial charge >= 0.3 is 12.8 Å². The first-order valence-electron chi connectivity index (χ1n) is 11.2. The average molecular weight is 475 g/mol. The smallest absolute Gasteiger partial charge is 0.490 e. The highest BCUT2D eigenvalue weighted by atomic mass is 19.3. The van der Waals surface area contributed by atoms with Gasteiger partial charge in [-0.2, -0.15) is 8.78 Å². The number of imidazole rings is 1.